The Morgan fingerprint density at radius 2 is 2.38 bits per heavy atom. The lowest BCUT2D eigenvalue weighted by Gasteiger charge is -2.31. The minimum absolute atomic E-state index is 0.0451. The van der Waals surface area contributed by atoms with Crippen LogP contribution in [0.2, 0.25) is 0 Å². The van der Waals surface area contributed by atoms with Crippen molar-refractivity contribution < 1.29 is 9.90 Å². The first-order chi connectivity index (χ1) is 11.6. The topological polar surface area (TPSA) is 68.7 Å². The maximum atomic E-state index is 12.1. The highest BCUT2D eigenvalue weighted by Crippen LogP contribution is 2.15. The van der Waals surface area contributed by atoms with Crippen LogP contribution in [0.4, 0.5) is 4.79 Å². The van der Waals surface area contributed by atoms with E-state index in [9.17, 15) is 9.90 Å². The van der Waals surface area contributed by atoms with E-state index < -0.39 is 0 Å². The fraction of sp³-hybridized carbons (Fsp3) is 0.667. The highest BCUT2D eigenvalue weighted by atomic mass is 16.3. The molecule has 6 nitrogen and oxygen atoms in total. The van der Waals surface area contributed by atoms with Gasteiger partial charge in [-0.05, 0) is 62.9 Å². The zero-order valence-corrected chi connectivity index (χ0v) is 14.9. The summed E-state index contributed by atoms with van der Waals surface area (Å²) in [5, 5.41) is 12.2. The first-order valence-electron chi connectivity index (χ1n) is 8.82. The summed E-state index contributed by atoms with van der Waals surface area (Å²) in [7, 11) is 1.81. The molecular weight excluding hydrogens is 304 g/mol. The molecule has 24 heavy (non-hydrogen) atoms. The molecule has 2 rings (SSSR count). The average Bonchev–Trinajstić information content (AvgIpc) is 2.58. The number of nitrogens with zero attached hydrogens (tertiary/aromatic N) is 3. The average molecular weight is 334 g/mol. The monoisotopic (exact) mass is 334 g/mol. The molecule has 1 unspecified atom stereocenters. The van der Waals surface area contributed by atoms with Gasteiger partial charge in [-0.25, -0.2) is 4.79 Å². The van der Waals surface area contributed by atoms with Gasteiger partial charge in [-0.3, -0.25) is 4.98 Å². The summed E-state index contributed by atoms with van der Waals surface area (Å²) in [6.07, 6.45) is 5.00. The van der Waals surface area contributed by atoms with Crippen LogP contribution < -0.4 is 5.32 Å². The Balaban J connectivity index is 1.63. The Labute approximate surface area is 144 Å². The molecule has 1 aromatic rings. The Kier molecular flexibility index (Phi) is 7.46. The van der Waals surface area contributed by atoms with Gasteiger partial charge in [-0.15, -0.1) is 0 Å². The number of hydrogen-bond acceptors (Lipinski definition) is 4. The molecule has 0 radical (unpaired) electrons. The maximum Gasteiger partial charge on any atom is 0.317 e. The van der Waals surface area contributed by atoms with Gasteiger partial charge in [0.15, 0.2) is 0 Å². The van der Waals surface area contributed by atoms with Crippen LogP contribution in [0, 0.1) is 12.8 Å². The van der Waals surface area contributed by atoms with Gasteiger partial charge in [-0.2, -0.15) is 0 Å². The fourth-order valence-electron chi connectivity index (χ4n) is 3.18. The summed E-state index contributed by atoms with van der Waals surface area (Å²) in [5.41, 5.74) is 2.05. The van der Waals surface area contributed by atoms with Gasteiger partial charge in [0.05, 0.1) is 0 Å². The number of aromatic nitrogens is 1. The molecule has 134 valence electrons. The number of piperidine rings is 1. The molecule has 2 N–H and O–H groups in total. The van der Waals surface area contributed by atoms with Crippen molar-refractivity contribution in [3.63, 3.8) is 0 Å². The van der Waals surface area contributed by atoms with Gasteiger partial charge >= 0.3 is 6.03 Å². The molecule has 1 fully saturated rings. The lowest BCUT2D eigenvalue weighted by molar-refractivity contribution is 0.119. The normalized spacial score (nSPS) is 18.4. The van der Waals surface area contributed by atoms with E-state index in [0.717, 1.165) is 50.2 Å². The van der Waals surface area contributed by atoms with Gasteiger partial charge in [0.2, 0.25) is 0 Å². The molecule has 1 saturated heterocycles. The van der Waals surface area contributed by atoms with Gasteiger partial charge in [0, 0.05) is 45.2 Å². The number of hydrogen-bond donors (Lipinski definition) is 2. The fourth-order valence-corrected chi connectivity index (χ4v) is 3.18. The predicted octanol–water partition coefficient (Wildman–Crippen LogP) is 1.63. The molecule has 0 aromatic carbocycles. The molecule has 0 saturated carbocycles. The predicted molar refractivity (Wildman–Crippen MR) is 94.7 cm³/mol. The van der Waals surface area contributed by atoms with Crippen molar-refractivity contribution in [3.8, 4) is 0 Å². The molecule has 0 aliphatic carbocycles. The van der Waals surface area contributed by atoms with Crippen LogP contribution in [0.15, 0.2) is 18.3 Å². The van der Waals surface area contributed by atoms with E-state index in [4.69, 9.17) is 0 Å². The van der Waals surface area contributed by atoms with E-state index in [1.165, 1.54) is 0 Å². The van der Waals surface area contributed by atoms with Crippen LogP contribution in [0.1, 0.15) is 30.5 Å². The van der Waals surface area contributed by atoms with E-state index in [1.54, 1.807) is 11.1 Å². The summed E-state index contributed by atoms with van der Waals surface area (Å²) in [5.74, 6) is 0.420. The van der Waals surface area contributed by atoms with E-state index >= 15 is 0 Å². The molecule has 6 heteroatoms. The molecule has 1 aromatic heterocycles. The first-order valence-corrected chi connectivity index (χ1v) is 8.82. The lowest BCUT2D eigenvalue weighted by Crippen LogP contribution is -2.40. The zero-order valence-electron chi connectivity index (χ0n) is 14.9. The number of aliphatic hydroxyl groups excluding tert-OH is 1. The molecule has 1 aliphatic heterocycles. The molecule has 0 spiro atoms. The second kappa shape index (κ2) is 9.59. The number of rotatable bonds is 7. The van der Waals surface area contributed by atoms with Crippen LogP contribution in [0.3, 0.4) is 0 Å². The number of amides is 2. The number of aryl methyl sites for hydroxylation is 1. The maximum absolute atomic E-state index is 12.1. The molecule has 0 bridgehead atoms. The molecule has 2 amide bonds. The zero-order chi connectivity index (χ0) is 17.4. The van der Waals surface area contributed by atoms with Crippen LogP contribution in [-0.4, -0.2) is 65.8 Å². The van der Waals surface area contributed by atoms with Crippen molar-refractivity contribution in [1.29, 1.82) is 0 Å². The highest BCUT2D eigenvalue weighted by molar-refractivity contribution is 5.73. The minimum Gasteiger partial charge on any atom is -0.396 e. The summed E-state index contributed by atoms with van der Waals surface area (Å²) in [6, 6.07) is 3.89. The highest BCUT2D eigenvalue weighted by Gasteiger charge is 2.18. The van der Waals surface area contributed by atoms with Crippen molar-refractivity contribution in [2.45, 2.75) is 32.7 Å². The van der Waals surface area contributed by atoms with Crippen molar-refractivity contribution in [2.75, 3.05) is 39.8 Å². The van der Waals surface area contributed by atoms with Crippen molar-refractivity contribution in [3.05, 3.63) is 29.6 Å². The number of carbonyl (C=O) groups is 1. The quantitative estimate of drug-likeness (QED) is 0.744. The number of urea groups is 1. The number of pyridine rings is 1. The van der Waals surface area contributed by atoms with Gasteiger partial charge < -0.3 is 20.2 Å². The van der Waals surface area contributed by atoms with E-state index in [2.05, 4.69) is 15.2 Å². The van der Waals surface area contributed by atoms with Crippen LogP contribution in [0.5, 0.6) is 0 Å². The Morgan fingerprint density at radius 3 is 3.12 bits per heavy atom. The van der Waals surface area contributed by atoms with Gasteiger partial charge in [0.25, 0.3) is 0 Å². The molecule has 2 heterocycles. The number of nitrogens with one attached hydrogen (secondary N) is 1. The van der Waals surface area contributed by atoms with Crippen LogP contribution >= 0.6 is 0 Å². The third-order valence-electron chi connectivity index (χ3n) is 4.52. The van der Waals surface area contributed by atoms with Gasteiger partial charge in [-0.1, -0.05) is 0 Å². The summed E-state index contributed by atoms with van der Waals surface area (Å²) in [6.45, 7) is 6.55. The van der Waals surface area contributed by atoms with E-state index in [0.29, 0.717) is 19.0 Å². The third kappa shape index (κ3) is 6.09. The van der Waals surface area contributed by atoms with Gasteiger partial charge in [0.1, 0.15) is 0 Å². The summed E-state index contributed by atoms with van der Waals surface area (Å²) in [4.78, 5) is 20.4. The van der Waals surface area contributed by atoms with Crippen molar-refractivity contribution >= 4 is 6.03 Å². The molecule has 1 atom stereocenters. The number of aliphatic hydroxyl groups is 1. The van der Waals surface area contributed by atoms with E-state index in [1.807, 2.05) is 26.1 Å². The second-order valence-corrected chi connectivity index (χ2v) is 6.74. The van der Waals surface area contributed by atoms with Crippen LogP contribution in [0.25, 0.3) is 0 Å². The van der Waals surface area contributed by atoms with E-state index in [-0.39, 0.29) is 12.6 Å². The molecule has 1 aliphatic rings. The molecular formula is C18H30N4O2. The summed E-state index contributed by atoms with van der Waals surface area (Å²) >= 11 is 0. The largest absolute Gasteiger partial charge is 0.396 e. The first kappa shape index (κ1) is 18.7. The standard InChI is InChI=1S/C18H30N4O2/c1-15-11-16(6-8-19-15)12-21(2)18(24)20-7-4-10-22-9-3-5-17(13-22)14-23/h6,8,11,17,23H,3-5,7,9-10,12-14H2,1-2H3,(H,20,24). The lowest BCUT2D eigenvalue weighted by atomic mass is 9.99. The Morgan fingerprint density at radius 1 is 1.54 bits per heavy atom. The Hall–Kier alpha value is -1.66. The number of likely N-dealkylation sites (tertiary alicyclic amines) is 1. The minimum atomic E-state index is -0.0451. The van der Waals surface area contributed by atoms with Crippen LogP contribution in [-0.2, 0) is 6.54 Å². The summed E-state index contributed by atoms with van der Waals surface area (Å²) < 4.78 is 0. The van der Waals surface area contributed by atoms with Crippen molar-refractivity contribution in [2.24, 2.45) is 5.92 Å². The second-order valence-electron chi connectivity index (χ2n) is 6.74. The number of carbonyl (C=O) groups excluding carboxylic acids is 1. The smallest absolute Gasteiger partial charge is 0.317 e. The Bertz CT molecular complexity index is 523. The van der Waals surface area contributed by atoms with Crippen molar-refractivity contribution in [1.82, 2.24) is 20.1 Å². The third-order valence-corrected chi connectivity index (χ3v) is 4.52. The SMILES string of the molecule is Cc1cc(CN(C)C(=O)NCCCN2CCCC(CO)C2)ccn1.